The van der Waals surface area contributed by atoms with Crippen molar-refractivity contribution in [3.63, 3.8) is 0 Å². The molecule has 0 saturated carbocycles. The van der Waals surface area contributed by atoms with Crippen molar-refractivity contribution >= 4 is 29.3 Å². The second-order valence-electron chi connectivity index (χ2n) is 5.85. The fraction of sp³-hybridized carbons (Fsp3) is 0.263. The van der Waals surface area contributed by atoms with Gasteiger partial charge in [0, 0.05) is 30.3 Å². The molecule has 0 atom stereocenters. The summed E-state index contributed by atoms with van der Waals surface area (Å²) in [6, 6.07) is 8.59. The molecule has 0 bridgehead atoms. The molecule has 2 rings (SSSR count). The highest BCUT2D eigenvalue weighted by molar-refractivity contribution is 5.99. The largest absolute Gasteiger partial charge is 0.466 e. The predicted molar refractivity (Wildman–Crippen MR) is 103 cm³/mol. The second-order valence-corrected chi connectivity index (χ2v) is 5.85. The molecule has 1 aromatic heterocycles. The van der Waals surface area contributed by atoms with E-state index in [-0.39, 0.29) is 36.0 Å². The number of ether oxygens (including phenoxy) is 1. The minimum atomic E-state index is -0.618. The van der Waals surface area contributed by atoms with Crippen molar-refractivity contribution in [3.8, 4) is 0 Å². The maximum atomic E-state index is 12.2. The molecule has 1 heterocycles. The Morgan fingerprint density at radius 3 is 2.72 bits per heavy atom. The van der Waals surface area contributed by atoms with Crippen molar-refractivity contribution in [1.29, 1.82) is 0 Å². The number of anilines is 1. The first-order valence-corrected chi connectivity index (χ1v) is 8.82. The Morgan fingerprint density at radius 2 is 2.00 bits per heavy atom. The molecule has 0 fully saturated rings. The number of hydrogen-bond donors (Lipinski definition) is 2. The Balaban J connectivity index is 1.92. The van der Waals surface area contributed by atoms with Crippen LogP contribution in [-0.2, 0) is 20.7 Å². The molecule has 0 saturated heterocycles. The third-order valence-electron chi connectivity index (χ3n) is 3.78. The van der Waals surface area contributed by atoms with E-state index in [1.807, 2.05) is 0 Å². The molecule has 10 nitrogen and oxygen atoms in total. The van der Waals surface area contributed by atoms with Gasteiger partial charge < -0.3 is 15.4 Å². The van der Waals surface area contributed by atoms with Crippen LogP contribution in [0.25, 0.3) is 0 Å². The number of carbonyl (C=O) groups is 3. The van der Waals surface area contributed by atoms with Crippen LogP contribution in [0.2, 0.25) is 0 Å². The highest BCUT2D eigenvalue weighted by Crippen LogP contribution is 2.15. The van der Waals surface area contributed by atoms with E-state index in [4.69, 9.17) is 4.74 Å². The Hall–Kier alpha value is -3.82. The molecule has 1 aromatic carbocycles. The number of rotatable bonds is 9. The van der Waals surface area contributed by atoms with Crippen LogP contribution in [0.4, 0.5) is 11.5 Å². The number of nitrogens with one attached hydrogen (secondary N) is 2. The standard InChI is InChI=1S/C19H20N4O6/c1-2-29-17(25)9-8-13-6-4-10-20-18(13)22-16(24)12-21-19(26)14-5-3-7-15(11-14)23(27)28/h3-7,10-11H,2,8-9,12H2,1H3,(H,21,26)(H,20,22,24). The van der Waals surface area contributed by atoms with Gasteiger partial charge in [-0.1, -0.05) is 12.1 Å². The molecule has 0 aliphatic rings. The van der Waals surface area contributed by atoms with E-state index in [2.05, 4.69) is 15.6 Å². The van der Waals surface area contributed by atoms with Gasteiger partial charge in [-0.15, -0.1) is 0 Å². The number of aryl methyl sites for hydroxylation is 1. The number of benzene rings is 1. The van der Waals surface area contributed by atoms with Crippen LogP contribution < -0.4 is 10.6 Å². The fourth-order valence-electron chi connectivity index (χ4n) is 2.42. The van der Waals surface area contributed by atoms with E-state index in [0.29, 0.717) is 18.6 Å². The summed E-state index contributed by atoms with van der Waals surface area (Å²) in [7, 11) is 0. The number of pyridine rings is 1. The summed E-state index contributed by atoms with van der Waals surface area (Å²) in [6.07, 6.45) is 1.97. The van der Waals surface area contributed by atoms with E-state index < -0.39 is 16.7 Å². The van der Waals surface area contributed by atoms with Crippen LogP contribution in [0.5, 0.6) is 0 Å². The summed E-state index contributed by atoms with van der Waals surface area (Å²) < 4.78 is 4.88. The van der Waals surface area contributed by atoms with Gasteiger partial charge in [-0.2, -0.15) is 0 Å². The van der Waals surface area contributed by atoms with Gasteiger partial charge in [0.15, 0.2) is 0 Å². The molecular weight excluding hydrogens is 380 g/mol. The first-order valence-electron chi connectivity index (χ1n) is 8.82. The number of aromatic nitrogens is 1. The summed E-state index contributed by atoms with van der Waals surface area (Å²) in [6.45, 7) is 1.66. The Kier molecular flexibility index (Phi) is 7.78. The number of amides is 2. The average Bonchev–Trinajstić information content (AvgIpc) is 2.71. The lowest BCUT2D eigenvalue weighted by Crippen LogP contribution is -2.33. The van der Waals surface area contributed by atoms with Crippen LogP contribution in [0.1, 0.15) is 29.3 Å². The molecule has 2 aromatic rings. The van der Waals surface area contributed by atoms with Gasteiger partial charge in [0.2, 0.25) is 5.91 Å². The van der Waals surface area contributed by atoms with E-state index in [0.717, 1.165) is 6.07 Å². The normalized spacial score (nSPS) is 10.1. The Labute approximate surface area is 166 Å². The van der Waals surface area contributed by atoms with Crippen LogP contribution in [0.3, 0.4) is 0 Å². The summed E-state index contributed by atoms with van der Waals surface area (Å²) in [4.78, 5) is 50.0. The van der Waals surface area contributed by atoms with E-state index in [1.54, 1.807) is 19.1 Å². The summed E-state index contributed by atoms with van der Waals surface area (Å²) in [5, 5.41) is 15.8. The van der Waals surface area contributed by atoms with Crippen molar-refractivity contribution in [2.45, 2.75) is 19.8 Å². The van der Waals surface area contributed by atoms with E-state index >= 15 is 0 Å². The van der Waals surface area contributed by atoms with Crippen molar-refractivity contribution in [1.82, 2.24) is 10.3 Å². The van der Waals surface area contributed by atoms with E-state index in [9.17, 15) is 24.5 Å². The minimum absolute atomic E-state index is 0.0694. The molecule has 0 aliphatic heterocycles. The summed E-state index contributed by atoms with van der Waals surface area (Å²) >= 11 is 0. The highest BCUT2D eigenvalue weighted by atomic mass is 16.6. The van der Waals surface area contributed by atoms with Crippen LogP contribution in [-0.4, -0.2) is 40.8 Å². The van der Waals surface area contributed by atoms with Gasteiger partial charge in [-0.05, 0) is 31.0 Å². The van der Waals surface area contributed by atoms with Gasteiger partial charge in [0.1, 0.15) is 5.82 Å². The molecule has 10 heteroatoms. The molecule has 0 spiro atoms. The average molecular weight is 400 g/mol. The second kappa shape index (κ2) is 10.5. The molecule has 29 heavy (non-hydrogen) atoms. The topological polar surface area (TPSA) is 141 Å². The molecular formula is C19H20N4O6. The lowest BCUT2D eigenvalue weighted by molar-refractivity contribution is -0.384. The predicted octanol–water partition coefficient (Wildman–Crippen LogP) is 1.85. The fourth-order valence-corrected chi connectivity index (χ4v) is 2.42. The third kappa shape index (κ3) is 6.69. The lowest BCUT2D eigenvalue weighted by atomic mass is 10.1. The van der Waals surface area contributed by atoms with E-state index in [1.165, 1.54) is 24.4 Å². The maximum Gasteiger partial charge on any atom is 0.306 e. The molecule has 0 radical (unpaired) electrons. The van der Waals surface area contributed by atoms with Gasteiger partial charge in [0.05, 0.1) is 18.1 Å². The van der Waals surface area contributed by atoms with Crippen molar-refractivity contribution < 1.29 is 24.0 Å². The quantitative estimate of drug-likeness (QED) is 0.372. The lowest BCUT2D eigenvalue weighted by Gasteiger charge is -2.10. The zero-order chi connectivity index (χ0) is 21.2. The molecule has 2 amide bonds. The van der Waals surface area contributed by atoms with Gasteiger partial charge >= 0.3 is 5.97 Å². The van der Waals surface area contributed by atoms with Crippen molar-refractivity contribution in [2.24, 2.45) is 0 Å². The molecule has 0 unspecified atom stereocenters. The maximum absolute atomic E-state index is 12.2. The van der Waals surface area contributed by atoms with Crippen LogP contribution >= 0.6 is 0 Å². The molecule has 0 aliphatic carbocycles. The first-order chi connectivity index (χ1) is 13.9. The molecule has 2 N–H and O–H groups in total. The highest BCUT2D eigenvalue weighted by Gasteiger charge is 2.14. The van der Waals surface area contributed by atoms with Crippen LogP contribution in [0.15, 0.2) is 42.6 Å². The number of nitrogens with zero attached hydrogens (tertiary/aromatic N) is 2. The smallest absolute Gasteiger partial charge is 0.306 e. The minimum Gasteiger partial charge on any atom is -0.466 e. The Bertz CT molecular complexity index is 915. The van der Waals surface area contributed by atoms with Gasteiger partial charge in [-0.25, -0.2) is 4.98 Å². The monoisotopic (exact) mass is 400 g/mol. The third-order valence-corrected chi connectivity index (χ3v) is 3.78. The number of nitro benzene ring substituents is 1. The summed E-state index contributed by atoms with van der Waals surface area (Å²) in [5.41, 5.74) is 0.501. The van der Waals surface area contributed by atoms with Crippen LogP contribution in [0, 0.1) is 10.1 Å². The van der Waals surface area contributed by atoms with Crippen molar-refractivity contribution in [3.05, 3.63) is 63.8 Å². The number of hydrogen-bond acceptors (Lipinski definition) is 7. The number of non-ortho nitro benzene ring substituents is 1. The van der Waals surface area contributed by atoms with Gasteiger partial charge in [0.25, 0.3) is 11.6 Å². The number of nitro groups is 1. The Morgan fingerprint density at radius 1 is 1.21 bits per heavy atom. The van der Waals surface area contributed by atoms with Crippen molar-refractivity contribution in [2.75, 3.05) is 18.5 Å². The molecule has 152 valence electrons. The zero-order valence-corrected chi connectivity index (χ0v) is 15.7. The summed E-state index contributed by atoms with van der Waals surface area (Å²) in [5.74, 6) is -1.21. The SMILES string of the molecule is CCOC(=O)CCc1cccnc1NC(=O)CNC(=O)c1cccc([N+](=O)[O-])c1. The number of esters is 1. The zero-order valence-electron chi connectivity index (χ0n) is 15.7. The van der Waals surface area contributed by atoms with Gasteiger partial charge in [-0.3, -0.25) is 24.5 Å². The number of carbonyl (C=O) groups excluding carboxylic acids is 3. The first kappa shape index (κ1) is 21.5.